The van der Waals surface area contributed by atoms with Crippen molar-refractivity contribution in [2.24, 2.45) is 5.92 Å². The van der Waals surface area contributed by atoms with Gasteiger partial charge < -0.3 is 4.57 Å². The molecule has 0 aliphatic heterocycles. The van der Waals surface area contributed by atoms with Crippen LogP contribution in [0.2, 0.25) is 0 Å². The van der Waals surface area contributed by atoms with E-state index in [9.17, 15) is 4.57 Å². The summed E-state index contributed by atoms with van der Waals surface area (Å²) in [4.78, 5) is 0. The molecule has 1 saturated carbocycles. The molecule has 46 valence electrons. The minimum absolute atomic E-state index is 0.512. The van der Waals surface area contributed by atoms with Crippen molar-refractivity contribution in [3.8, 4) is 0 Å². The fraction of sp³-hybridized carbons (Fsp3) is 0.667. The summed E-state index contributed by atoms with van der Waals surface area (Å²) in [6.07, 6.45) is 3.04. The molecule has 2 unspecified atom stereocenters. The van der Waals surface area contributed by atoms with Crippen molar-refractivity contribution < 1.29 is 4.57 Å². The van der Waals surface area contributed by atoms with Crippen LogP contribution in [-0.4, -0.2) is 12.3 Å². The van der Waals surface area contributed by atoms with Crippen LogP contribution in [0.1, 0.15) is 6.42 Å². The Kier molecular flexibility index (Phi) is 1.57. The molecule has 0 radical (unpaired) electrons. The first-order valence-electron chi connectivity index (χ1n) is 2.88. The van der Waals surface area contributed by atoms with Gasteiger partial charge in [-0.3, -0.25) is 0 Å². The van der Waals surface area contributed by atoms with E-state index in [1.54, 1.807) is 0 Å². The van der Waals surface area contributed by atoms with Crippen LogP contribution in [-0.2, 0) is 4.57 Å². The molecule has 2 heteroatoms. The molecule has 0 spiro atoms. The second-order valence-electron chi connectivity index (χ2n) is 2.35. The highest BCUT2D eigenvalue weighted by atomic mass is 31.1. The summed E-state index contributed by atoms with van der Waals surface area (Å²) in [6, 6.07) is 0. The van der Waals surface area contributed by atoms with Crippen molar-refractivity contribution in [3.05, 3.63) is 12.7 Å². The second-order valence-corrected chi connectivity index (χ2v) is 4.32. The fourth-order valence-electron chi connectivity index (χ4n) is 0.943. The van der Waals surface area contributed by atoms with Gasteiger partial charge in [0.2, 0.25) is 0 Å². The van der Waals surface area contributed by atoms with E-state index in [-0.39, 0.29) is 0 Å². The molecule has 1 rings (SSSR count). The fourth-order valence-corrected chi connectivity index (χ4v) is 2.29. The largest absolute Gasteiger partial charge is 0.327 e. The topological polar surface area (TPSA) is 17.1 Å². The Morgan fingerprint density at radius 3 is 2.62 bits per heavy atom. The maximum Gasteiger partial charge on any atom is 0.0768 e. The molecule has 1 nitrogen and oxygen atoms in total. The third-order valence-corrected chi connectivity index (χ3v) is 3.37. The van der Waals surface area contributed by atoms with Crippen molar-refractivity contribution in [2.45, 2.75) is 12.1 Å². The minimum Gasteiger partial charge on any atom is -0.327 e. The van der Waals surface area contributed by atoms with Crippen LogP contribution >= 0.6 is 7.80 Å². The number of hydrogen-bond acceptors (Lipinski definition) is 1. The zero-order valence-electron chi connectivity index (χ0n) is 5.05. The molecular weight excluding hydrogens is 119 g/mol. The monoisotopic (exact) mass is 130 g/mol. The van der Waals surface area contributed by atoms with Crippen molar-refractivity contribution >= 4 is 7.80 Å². The third kappa shape index (κ3) is 1.03. The van der Waals surface area contributed by atoms with Crippen LogP contribution < -0.4 is 0 Å². The van der Waals surface area contributed by atoms with Crippen LogP contribution in [0.15, 0.2) is 12.7 Å². The lowest BCUT2D eigenvalue weighted by Crippen LogP contribution is -1.73. The highest BCUT2D eigenvalue weighted by molar-refractivity contribution is 7.45. The Morgan fingerprint density at radius 1 is 1.88 bits per heavy atom. The van der Waals surface area contributed by atoms with Gasteiger partial charge in [-0.2, -0.15) is 0 Å². The van der Waals surface area contributed by atoms with Gasteiger partial charge in [0.1, 0.15) is 0 Å². The van der Waals surface area contributed by atoms with E-state index in [0.717, 1.165) is 6.42 Å². The molecule has 8 heavy (non-hydrogen) atoms. The number of allylic oxidation sites excluding steroid dienone is 1. The second kappa shape index (κ2) is 2.06. The van der Waals surface area contributed by atoms with Gasteiger partial charge in [0.25, 0.3) is 0 Å². The molecule has 1 fully saturated rings. The smallest absolute Gasteiger partial charge is 0.0768 e. The molecule has 1 aliphatic rings. The Bertz CT molecular complexity index is 130. The van der Waals surface area contributed by atoms with E-state index in [1.165, 1.54) is 0 Å². The van der Waals surface area contributed by atoms with E-state index in [4.69, 9.17) is 0 Å². The molecular formula is C6H11OP. The van der Waals surface area contributed by atoms with Gasteiger partial charge in [-0.25, -0.2) is 0 Å². The molecule has 0 saturated heterocycles. The van der Waals surface area contributed by atoms with Gasteiger partial charge in [0.15, 0.2) is 0 Å². The van der Waals surface area contributed by atoms with E-state index >= 15 is 0 Å². The molecule has 0 aromatic rings. The van der Waals surface area contributed by atoms with Crippen LogP contribution in [0.4, 0.5) is 0 Å². The van der Waals surface area contributed by atoms with Gasteiger partial charge in [-0.1, -0.05) is 6.08 Å². The summed E-state index contributed by atoms with van der Waals surface area (Å²) in [6.45, 7) is 5.46. The van der Waals surface area contributed by atoms with E-state index in [1.807, 2.05) is 12.7 Å². The van der Waals surface area contributed by atoms with Crippen LogP contribution in [0.3, 0.4) is 0 Å². The molecule has 1 aliphatic carbocycles. The zero-order valence-corrected chi connectivity index (χ0v) is 6.05. The van der Waals surface area contributed by atoms with Crippen molar-refractivity contribution in [2.75, 3.05) is 6.66 Å². The Labute approximate surface area is 50.6 Å². The summed E-state index contributed by atoms with van der Waals surface area (Å²) >= 11 is 0. The highest BCUT2D eigenvalue weighted by Crippen LogP contribution is 2.48. The van der Waals surface area contributed by atoms with Gasteiger partial charge in [-0.05, 0) is 19.0 Å². The predicted molar refractivity (Wildman–Crippen MR) is 37.0 cm³/mol. The Hall–Kier alpha value is -0.0300. The first kappa shape index (κ1) is 6.10. The van der Waals surface area contributed by atoms with Gasteiger partial charge in [-0.15, -0.1) is 6.58 Å². The van der Waals surface area contributed by atoms with Gasteiger partial charge >= 0.3 is 0 Å². The van der Waals surface area contributed by atoms with E-state index in [0.29, 0.717) is 11.6 Å². The van der Waals surface area contributed by atoms with E-state index in [2.05, 4.69) is 6.58 Å². The first-order valence-corrected chi connectivity index (χ1v) is 4.87. The average Bonchev–Trinajstić information content (AvgIpc) is 2.42. The minimum atomic E-state index is -1.22. The zero-order chi connectivity index (χ0) is 6.15. The molecule has 0 aromatic heterocycles. The summed E-state index contributed by atoms with van der Waals surface area (Å²) in [5, 5.41) is 0. The van der Waals surface area contributed by atoms with E-state index < -0.39 is 7.80 Å². The summed E-state index contributed by atoms with van der Waals surface area (Å²) < 4.78 is 10.7. The lowest BCUT2D eigenvalue weighted by atomic mass is 10.4. The molecule has 0 aromatic carbocycles. The first-order chi connectivity index (χ1) is 3.75. The van der Waals surface area contributed by atoms with Crippen LogP contribution in [0, 0.1) is 5.92 Å². The highest BCUT2D eigenvalue weighted by Gasteiger charge is 2.36. The molecule has 0 amide bonds. The predicted octanol–water partition coefficient (Wildman–Crippen LogP) is 1.75. The summed E-state index contributed by atoms with van der Waals surface area (Å²) in [5.41, 5.74) is 0.512. The molecule has 3 atom stereocenters. The quantitative estimate of drug-likeness (QED) is 0.411. The number of hydrogen-bond donors (Lipinski definition) is 0. The van der Waals surface area contributed by atoms with Crippen molar-refractivity contribution in [1.82, 2.24) is 0 Å². The third-order valence-electron chi connectivity index (χ3n) is 1.66. The number of rotatable bonds is 2. The molecule has 0 heterocycles. The Morgan fingerprint density at radius 2 is 2.50 bits per heavy atom. The molecule has 0 N–H and O–H groups in total. The SMILES string of the molecule is C=C[C@@H]1CC1[PH](C)=O. The average molecular weight is 130 g/mol. The normalized spacial score (nSPS) is 38.6. The summed E-state index contributed by atoms with van der Waals surface area (Å²) in [5.74, 6) is 0.589. The Balaban J connectivity index is 2.36. The van der Waals surface area contributed by atoms with Crippen molar-refractivity contribution in [1.29, 1.82) is 0 Å². The maximum absolute atomic E-state index is 10.7. The lowest BCUT2D eigenvalue weighted by molar-refractivity contribution is 0.590. The lowest BCUT2D eigenvalue weighted by Gasteiger charge is -1.84. The maximum atomic E-state index is 10.7. The van der Waals surface area contributed by atoms with Crippen LogP contribution in [0.5, 0.6) is 0 Å². The van der Waals surface area contributed by atoms with Gasteiger partial charge in [0.05, 0.1) is 7.80 Å². The van der Waals surface area contributed by atoms with Gasteiger partial charge in [0, 0.05) is 5.66 Å². The molecule has 0 bridgehead atoms. The standard InChI is InChI=1S/C6H11OP/c1-3-5-4-6(5)8(2)7/h3,5-6,8H,1,4H2,2H3/t5-,6?/m1/s1. The van der Waals surface area contributed by atoms with Crippen molar-refractivity contribution in [3.63, 3.8) is 0 Å². The summed E-state index contributed by atoms with van der Waals surface area (Å²) in [7, 11) is -1.22. The van der Waals surface area contributed by atoms with Crippen LogP contribution in [0.25, 0.3) is 0 Å².